The minimum Gasteiger partial charge on any atom is -0.395 e. The summed E-state index contributed by atoms with van der Waals surface area (Å²) in [7, 11) is 0. The molecule has 0 aliphatic carbocycles. The molecule has 0 bridgehead atoms. The molecule has 0 saturated carbocycles. The zero-order chi connectivity index (χ0) is 12.3. The summed E-state index contributed by atoms with van der Waals surface area (Å²) in [5, 5.41) is 18.6. The van der Waals surface area contributed by atoms with Crippen molar-refractivity contribution < 1.29 is 10.2 Å². The highest BCUT2D eigenvalue weighted by atomic mass is 16.3. The Labute approximate surface area is 99.7 Å². The smallest absolute Gasteiger partial charge is 0.0544 e. The molecular formula is C14H26O2. The minimum atomic E-state index is -0.441. The summed E-state index contributed by atoms with van der Waals surface area (Å²) in [6.07, 6.45) is 13.3. The fourth-order valence-corrected chi connectivity index (χ4v) is 1.65. The van der Waals surface area contributed by atoms with Crippen LogP contribution in [-0.2, 0) is 0 Å². The van der Waals surface area contributed by atoms with Gasteiger partial charge < -0.3 is 10.2 Å². The molecule has 0 aromatic rings. The molecule has 2 heteroatoms. The second-order valence-electron chi connectivity index (χ2n) is 4.36. The van der Waals surface area contributed by atoms with Crippen LogP contribution in [0.25, 0.3) is 0 Å². The summed E-state index contributed by atoms with van der Waals surface area (Å²) in [4.78, 5) is 0. The SMILES string of the molecule is CCCCC=CC=CC(CO)(CO)CCC. The van der Waals surface area contributed by atoms with E-state index in [0.717, 1.165) is 19.3 Å². The van der Waals surface area contributed by atoms with Gasteiger partial charge in [-0.05, 0) is 12.8 Å². The largest absolute Gasteiger partial charge is 0.395 e. The van der Waals surface area contributed by atoms with Crippen LogP contribution in [0.4, 0.5) is 0 Å². The number of aliphatic hydroxyl groups excluding tert-OH is 2. The van der Waals surface area contributed by atoms with Crippen molar-refractivity contribution in [2.45, 2.75) is 46.0 Å². The third-order valence-corrected chi connectivity index (χ3v) is 2.80. The van der Waals surface area contributed by atoms with Gasteiger partial charge in [-0.2, -0.15) is 0 Å². The normalized spacial score (nSPS) is 13.0. The second kappa shape index (κ2) is 9.61. The summed E-state index contributed by atoms with van der Waals surface area (Å²) in [5.74, 6) is 0. The molecule has 2 nitrogen and oxygen atoms in total. The predicted octanol–water partition coefficient (Wildman–Crippen LogP) is 3.06. The van der Waals surface area contributed by atoms with E-state index in [1.165, 1.54) is 12.8 Å². The molecule has 0 rings (SSSR count). The van der Waals surface area contributed by atoms with Crippen molar-refractivity contribution in [3.8, 4) is 0 Å². The molecule has 0 aliphatic rings. The Morgan fingerprint density at radius 3 is 2.19 bits per heavy atom. The summed E-state index contributed by atoms with van der Waals surface area (Å²) in [6, 6.07) is 0. The molecule has 16 heavy (non-hydrogen) atoms. The van der Waals surface area contributed by atoms with E-state index in [1.54, 1.807) is 0 Å². The van der Waals surface area contributed by atoms with Crippen molar-refractivity contribution in [2.24, 2.45) is 5.41 Å². The maximum atomic E-state index is 9.31. The van der Waals surface area contributed by atoms with Gasteiger partial charge >= 0.3 is 0 Å². The Bertz CT molecular complexity index is 203. The molecule has 0 amide bonds. The summed E-state index contributed by atoms with van der Waals surface area (Å²) in [6.45, 7) is 4.26. The average Bonchev–Trinajstić information content (AvgIpc) is 2.32. The van der Waals surface area contributed by atoms with Crippen LogP contribution in [0, 0.1) is 5.41 Å². The molecule has 0 atom stereocenters. The summed E-state index contributed by atoms with van der Waals surface area (Å²) >= 11 is 0. The van der Waals surface area contributed by atoms with Crippen molar-refractivity contribution in [3.63, 3.8) is 0 Å². The van der Waals surface area contributed by atoms with Crippen molar-refractivity contribution in [1.29, 1.82) is 0 Å². The monoisotopic (exact) mass is 226 g/mol. The van der Waals surface area contributed by atoms with Gasteiger partial charge in [0.1, 0.15) is 0 Å². The first-order chi connectivity index (χ1) is 7.74. The van der Waals surface area contributed by atoms with E-state index >= 15 is 0 Å². The molecule has 94 valence electrons. The molecule has 0 spiro atoms. The van der Waals surface area contributed by atoms with Crippen LogP contribution in [0.5, 0.6) is 0 Å². The molecule has 0 radical (unpaired) electrons. The Hall–Kier alpha value is -0.600. The maximum absolute atomic E-state index is 9.31. The highest BCUT2D eigenvalue weighted by Gasteiger charge is 2.23. The van der Waals surface area contributed by atoms with E-state index < -0.39 is 5.41 Å². The number of allylic oxidation sites excluding steroid dienone is 3. The van der Waals surface area contributed by atoms with E-state index in [2.05, 4.69) is 19.9 Å². The van der Waals surface area contributed by atoms with Crippen molar-refractivity contribution in [1.82, 2.24) is 0 Å². The summed E-state index contributed by atoms with van der Waals surface area (Å²) in [5.41, 5.74) is -0.441. The lowest BCUT2D eigenvalue weighted by Crippen LogP contribution is -2.27. The first-order valence-electron chi connectivity index (χ1n) is 6.30. The molecule has 0 aromatic heterocycles. The molecule has 0 aliphatic heterocycles. The van der Waals surface area contributed by atoms with E-state index in [1.807, 2.05) is 18.2 Å². The number of hydrogen-bond acceptors (Lipinski definition) is 2. The first-order valence-corrected chi connectivity index (χ1v) is 6.30. The Morgan fingerprint density at radius 1 is 1.00 bits per heavy atom. The lowest BCUT2D eigenvalue weighted by molar-refractivity contribution is 0.0858. The summed E-state index contributed by atoms with van der Waals surface area (Å²) < 4.78 is 0. The van der Waals surface area contributed by atoms with Gasteiger partial charge in [0.05, 0.1) is 13.2 Å². The molecule has 0 aromatic carbocycles. The average molecular weight is 226 g/mol. The number of unbranched alkanes of at least 4 members (excludes halogenated alkanes) is 2. The zero-order valence-corrected chi connectivity index (χ0v) is 10.7. The van der Waals surface area contributed by atoms with E-state index in [-0.39, 0.29) is 13.2 Å². The Morgan fingerprint density at radius 2 is 1.69 bits per heavy atom. The van der Waals surface area contributed by atoms with Crippen molar-refractivity contribution >= 4 is 0 Å². The third-order valence-electron chi connectivity index (χ3n) is 2.80. The quantitative estimate of drug-likeness (QED) is 0.468. The maximum Gasteiger partial charge on any atom is 0.0544 e. The Kier molecular flexibility index (Phi) is 9.25. The fraction of sp³-hybridized carbons (Fsp3) is 0.714. The first kappa shape index (κ1) is 15.4. The van der Waals surface area contributed by atoms with Crippen LogP contribution in [0.15, 0.2) is 24.3 Å². The van der Waals surface area contributed by atoms with Crippen LogP contribution < -0.4 is 0 Å². The van der Waals surface area contributed by atoms with Crippen LogP contribution in [0.1, 0.15) is 46.0 Å². The van der Waals surface area contributed by atoms with Crippen LogP contribution in [0.2, 0.25) is 0 Å². The van der Waals surface area contributed by atoms with E-state index in [4.69, 9.17) is 0 Å². The van der Waals surface area contributed by atoms with Gasteiger partial charge in [-0.25, -0.2) is 0 Å². The molecule has 0 heterocycles. The van der Waals surface area contributed by atoms with Gasteiger partial charge in [-0.1, -0.05) is 57.4 Å². The fourth-order valence-electron chi connectivity index (χ4n) is 1.65. The standard InChI is InChI=1S/C14H26O2/c1-3-5-6-7-8-9-11-14(12-15,13-16)10-4-2/h7-9,11,15-16H,3-6,10,12-13H2,1-2H3. The van der Waals surface area contributed by atoms with Gasteiger partial charge in [-0.15, -0.1) is 0 Å². The highest BCUT2D eigenvalue weighted by molar-refractivity contribution is 5.09. The van der Waals surface area contributed by atoms with Gasteiger partial charge in [-0.3, -0.25) is 0 Å². The van der Waals surface area contributed by atoms with Crippen LogP contribution in [0.3, 0.4) is 0 Å². The molecule has 2 N–H and O–H groups in total. The number of hydrogen-bond donors (Lipinski definition) is 2. The minimum absolute atomic E-state index is 0.0106. The van der Waals surface area contributed by atoms with E-state index in [9.17, 15) is 10.2 Å². The van der Waals surface area contributed by atoms with Gasteiger partial charge in [0.15, 0.2) is 0 Å². The highest BCUT2D eigenvalue weighted by Crippen LogP contribution is 2.24. The second-order valence-corrected chi connectivity index (χ2v) is 4.36. The molecular weight excluding hydrogens is 200 g/mol. The third kappa shape index (κ3) is 6.09. The van der Waals surface area contributed by atoms with Gasteiger partial charge in [0.2, 0.25) is 0 Å². The van der Waals surface area contributed by atoms with Crippen molar-refractivity contribution in [3.05, 3.63) is 24.3 Å². The number of aliphatic hydroxyl groups is 2. The van der Waals surface area contributed by atoms with Crippen molar-refractivity contribution in [2.75, 3.05) is 13.2 Å². The lowest BCUT2D eigenvalue weighted by Gasteiger charge is -2.25. The van der Waals surface area contributed by atoms with Crippen LogP contribution >= 0.6 is 0 Å². The van der Waals surface area contributed by atoms with Crippen LogP contribution in [-0.4, -0.2) is 23.4 Å². The Balaban J connectivity index is 4.17. The molecule has 0 unspecified atom stereocenters. The molecule has 0 saturated heterocycles. The lowest BCUT2D eigenvalue weighted by atomic mass is 9.84. The number of rotatable bonds is 9. The predicted molar refractivity (Wildman–Crippen MR) is 69.3 cm³/mol. The van der Waals surface area contributed by atoms with Gasteiger partial charge in [0, 0.05) is 5.41 Å². The zero-order valence-electron chi connectivity index (χ0n) is 10.7. The van der Waals surface area contributed by atoms with E-state index in [0.29, 0.717) is 0 Å². The topological polar surface area (TPSA) is 40.5 Å². The molecule has 0 fully saturated rings. The van der Waals surface area contributed by atoms with Gasteiger partial charge in [0.25, 0.3) is 0 Å².